The SMILES string of the molecule is CC1(C)c2ccccc2-c2ccc(N(c3ccc(F)cc3)c3ccc4cc(C=Cc5c6ccccc6c(-c6cccc7ccccc67)c6ccccc56)ccc4c3)cc21. The molecule has 1 aliphatic carbocycles. The van der Waals surface area contributed by atoms with Crippen LogP contribution in [0.4, 0.5) is 21.5 Å². The van der Waals surface area contributed by atoms with Gasteiger partial charge in [-0.1, -0.05) is 166 Å². The Morgan fingerprint density at radius 3 is 1.75 bits per heavy atom. The van der Waals surface area contributed by atoms with Gasteiger partial charge >= 0.3 is 0 Å². The van der Waals surface area contributed by atoms with Gasteiger partial charge in [0.25, 0.3) is 0 Å². The van der Waals surface area contributed by atoms with Crippen LogP contribution in [0.25, 0.3) is 77.5 Å². The molecule has 0 radical (unpaired) electrons. The highest BCUT2D eigenvalue weighted by Gasteiger charge is 2.35. The van der Waals surface area contributed by atoms with E-state index < -0.39 is 0 Å². The molecule has 0 atom stereocenters. The summed E-state index contributed by atoms with van der Waals surface area (Å²) in [6.07, 6.45) is 4.53. The topological polar surface area (TPSA) is 3.24 Å². The molecule has 0 unspecified atom stereocenters. The Bertz CT molecular complexity index is 3250. The minimum Gasteiger partial charge on any atom is -0.310 e. The fourth-order valence-electron chi connectivity index (χ4n) is 9.62. The van der Waals surface area contributed by atoms with Crippen molar-refractivity contribution in [1.82, 2.24) is 0 Å². The molecule has 0 heterocycles. The Hall–Kier alpha value is -7.29. The molecular formula is C57H40FN. The second kappa shape index (κ2) is 13.7. The summed E-state index contributed by atoms with van der Waals surface area (Å²) in [6.45, 7) is 4.61. The van der Waals surface area contributed by atoms with E-state index in [4.69, 9.17) is 0 Å². The fourth-order valence-corrected chi connectivity index (χ4v) is 9.62. The summed E-state index contributed by atoms with van der Waals surface area (Å²) >= 11 is 0. The molecule has 11 rings (SSSR count). The second-order valence-electron chi connectivity index (χ2n) is 16.2. The van der Waals surface area contributed by atoms with Gasteiger partial charge in [-0.25, -0.2) is 4.39 Å². The molecule has 0 saturated carbocycles. The maximum atomic E-state index is 14.3. The lowest BCUT2D eigenvalue weighted by Crippen LogP contribution is -2.16. The molecule has 0 saturated heterocycles. The third-order valence-corrected chi connectivity index (χ3v) is 12.5. The van der Waals surface area contributed by atoms with Crippen LogP contribution in [0, 0.1) is 5.82 Å². The molecule has 10 aromatic carbocycles. The quantitative estimate of drug-likeness (QED) is 0.121. The van der Waals surface area contributed by atoms with E-state index >= 15 is 0 Å². The standard InChI is InChI=1S/C57H40FN/c1-57(2)54-21-10-9-17-49(54)50-33-31-44(36-55(50)57)59(42-29-26-41(58)27-30-42)43-28-25-39-34-37(22-24-40(39)35-43)23-32-48-46-15-5-7-18-52(46)56(53-19-8-6-16-47(48)53)51-20-11-13-38-12-3-4-14-45(38)51/h3-36H,1-2H3. The molecule has 280 valence electrons. The number of anilines is 3. The number of benzene rings is 10. The van der Waals surface area contributed by atoms with Crippen molar-refractivity contribution in [2.75, 3.05) is 4.90 Å². The van der Waals surface area contributed by atoms with E-state index in [2.05, 4.69) is 201 Å². The maximum Gasteiger partial charge on any atom is 0.123 e. The van der Waals surface area contributed by atoms with Gasteiger partial charge in [0.15, 0.2) is 0 Å². The number of rotatable bonds is 6. The van der Waals surface area contributed by atoms with Crippen molar-refractivity contribution in [3.05, 3.63) is 222 Å². The van der Waals surface area contributed by atoms with Crippen LogP contribution < -0.4 is 4.90 Å². The fraction of sp³-hybridized carbons (Fsp3) is 0.0526. The zero-order valence-electron chi connectivity index (χ0n) is 33.0. The molecule has 0 aliphatic heterocycles. The van der Waals surface area contributed by atoms with Gasteiger partial charge in [-0.05, 0) is 142 Å². The lowest BCUT2D eigenvalue weighted by atomic mass is 9.82. The minimum absolute atomic E-state index is 0.138. The predicted octanol–water partition coefficient (Wildman–Crippen LogP) is 16.1. The zero-order chi connectivity index (χ0) is 39.7. The molecule has 2 heteroatoms. The lowest BCUT2D eigenvalue weighted by molar-refractivity contribution is 0.628. The Labute approximate surface area is 343 Å². The Morgan fingerprint density at radius 1 is 0.407 bits per heavy atom. The summed E-state index contributed by atoms with van der Waals surface area (Å²) in [6, 6.07) is 68.5. The van der Waals surface area contributed by atoms with Crippen LogP contribution in [-0.4, -0.2) is 0 Å². The minimum atomic E-state index is -0.250. The third kappa shape index (κ3) is 5.75. The lowest BCUT2D eigenvalue weighted by Gasteiger charge is -2.28. The molecule has 0 bridgehead atoms. The number of fused-ring (bicyclic) bond motifs is 7. The molecule has 1 nitrogen and oxygen atoms in total. The van der Waals surface area contributed by atoms with Gasteiger partial charge in [0.2, 0.25) is 0 Å². The largest absolute Gasteiger partial charge is 0.310 e. The van der Waals surface area contributed by atoms with Gasteiger partial charge in [0, 0.05) is 22.5 Å². The number of hydrogen-bond donors (Lipinski definition) is 0. The molecule has 59 heavy (non-hydrogen) atoms. The van der Waals surface area contributed by atoms with Crippen LogP contribution in [-0.2, 0) is 5.41 Å². The number of nitrogens with zero attached hydrogens (tertiary/aromatic N) is 1. The molecule has 0 fully saturated rings. The highest BCUT2D eigenvalue weighted by atomic mass is 19.1. The van der Waals surface area contributed by atoms with Gasteiger partial charge in [-0.2, -0.15) is 0 Å². The van der Waals surface area contributed by atoms with Gasteiger partial charge < -0.3 is 4.90 Å². The Morgan fingerprint density at radius 2 is 0.966 bits per heavy atom. The average molecular weight is 758 g/mol. The van der Waals surface area contributed by atoms with Crippen LogP contribution in [0.1, 0.15) is 36.1 Å². The summed E-state index contributed by atoms with van der Waals surface area (Å²) in [5.74, 6) is -0.250. The van der Waals surface area contributed by atoms with Gasteiger partial charge in [0.1, 0.15) is 5.82 Å². The first-order chi connectivity index (χ1) is 28.9. The highest BCUT2D eigenvalue weighted by Crippen LogP contribution is 2.51. The van der Waals surface area contributed by atoms with Gasteiger partial charge in [0.05, 0.1) is 0 Å². The molecule has 0 spiro atoms. The molecule has 0 aromatic heterocycles. The first-order valence-electron chi connectivity index (χ1n) is 20.4. The monoisotopic (exact) mass is 757 g/mol. The van der Waals surface area contributed by atoms with Crippen molar-refractivity contribution in [2.24, 2.45) is 0 Å². The summed E-state index contributed by atoms with van der Waals surface area (Å²) < 4.78 is 14.3. The number of hydrogen-bond acceptors (Lipinski definition) is 1. The smallest absolute Gasteiger partial charge is 0.123 e. The first kappa shape index (κ1) is 34.9. The second-order valence-corrected chi connectivity index (χ2v) is 16.2. The van der Waals surface area contributed by atoms with E-state index in [1.165, 1.54) is 71.3 Å². The van der Waals surface area contributed by atoms with Gasteiger partial charge in [-0.3, -0.25) is 0 Å². The van der Waals surface area contributed by atoms with Crippen molar-refractivity contribution in [2.45, 2.75) is 19.3 Å². The van der Waals surface area contributed by atoms with E-state index in [-0.39, 0.29) is 11.2 Å². The summed E-state index contributed by atoms with van der Waals surface area (Å²) in [5, 5.41) is 9.75. The zero-order valence-corrected chi connectivity index (χ0v) is 33.0. The van der Waals surface area contributed by atoms with E-state index in [9.17, 15) is 4.39 Å². The summed E-state index contributed by atoms with van der Waals surface area (Å²) in [5.41, 5.74) is 12.9. The van der Waals surface area contributed by atoms with Crippen LogP contribution in [0.15, 0.2) is 194 Å². The van der Waals surface area contributed by atoms with Crippen LogP contribution in [0.3, 0.4) is 0 Å². The molecule has 0 amide bonds. The Kier molecular flexibility index (Phi) is 8.10. The van der Waals surface area contributed by atoms with E-state index in [1.807, 2.05) is 12.1 Å². The average Bonchev–Trinajstić information content (AvgIpc) is 3.51. The van der Waals surface area contributed by atoms with Gasteiger partial charge in [-0.15, -0.1) is 0 Å². The first-order valence-corrected chi connectivity index (χ1v) is 20.4. The summed E-state index contributed by atoms with van der Waals surface area (Å²) in [7, 11) is 0. The maximum absolute atomic E-state index is 14.3. The third-order valence-electron chi connectivity index (χ3n) is 12.5. The number of halogens is 1. The molecular weight excluding hydrogens is 718 g/mol. The van der Waals surface area contributed by atoms with Crippen LogP contribution in [0.2, 0.25) is 0 Å². The van der Waals surface area contributed by atoms with Crippen LogP contribution >= 0.6 is 0 Å². The highest BCUT2D eigenvalue weighted by molar-refractivity contribution is 6.20. The molecule has 1 aliphatic rings. The van der Waals surface area contributed by atoms with Crippen LogP contribution in [0.5, 0.6) is 0 Å². The molecule has 10 aromatic rings. The van der Waals surface area contributed by atoms with E-state index in [0.717, 1.165) is 33.4 Å². The van der Waals surface area contributed by atoms with E-state index in [1.54, 1.807) is 12.1 Å². The summed E-state index contributed by atoms with van der Waals surface area (Å²) in [4.78, 5) is 2.24. The van der Waals surface area contributed by atoms with Crippen molar-refractivity contribution in [3.8, 4) is 22.3 Å². The normalized spacial score (nSPS) is 13.1. The van der Waals surface area contributed by atoms with Crippen molar-refractivity contribution < 1.29 is 4.39 Å². The van der Waals surface area contributed by atoms with Crippen molar-refractivity contribution >= 4 is 72.3 Å². The Balaban J connectivity index is 0.989. The van der Waals surface area contributed by atoms with Crippen molar-refractivity contribution in [1.29, 1.82) is 0 Å². The molecule has 0 N–H and O–H groups in total. The van der Waals surface area contributed by atoms with E-state index in [0.29, 0.717) is 0 Å². The van der Waals surface area contributed by atoms with Crippen molar-refractivity contribution in [3.63, 3.8) is 0 Å². The predicted molar refractivity (Wildman–Crippen MR) is 249 cm³/mol.